The van der Waals surface area contributed by atoms with E-state index in [0.29, 0.717) is 23.3 Å². The molecule has 4 aromatic rings. The highest BCUT2D eigenvalue weighted by molar-refractivity contribution is 14.1. The molecule has 1 saturated heterocycles. The molecule has 9 heteroatoms. The fourth-order valence-electron chi connectivity index (χ4n) is 4.56. The van der Waals surface area contributed by atoms with E-state index in [2.05, 4.69) is 20.9 Å². The van der Waals surface area contributed by atoms with Crippen molar-refractivity contribution in [2.24, 2.45) is 0 Å². The Kier molecular flexibility index (Phi) is 6.90. The Morgan fingerprint density at radius 1 is 1.20 bits per heavy atom. The van der Waals surface area contributed by atoms with E-state index in [-0.39, 0.29) is 17.4 Å². The quantitative estimate of drug-likeness (QED) is 0.344. The number of hydrogen-bond donors (Lipinski definition) is 1. The maximum Gasteiger partial charge on any atom is 0.251 e. The molecular formula is C26H27FIN5O2. The topological polar surface area (TPSA) is 66.4 Å². The van der Waals surface area contributed by atoms with Crippen LogP contribution in [0.4, 0.5) is 10.1 Å². The normalized spacial score (nSPS) is 15.2. The van der Waals surface area contributed by atoms with Gasteiger partial charge in [0, 0.05) is 52.6 Å². The van der Waals surface area contributed by atoms with E-state index in [1.54, 1.807) is 16.7 Å². The van der Waals surface area contributed by atoms with Gasteiger partial charge in [0.05, 0.1) is 31.1 Å². The number of ether oxygens (including phenoxy) is 1. The number of H-pyrrole nitrogens is 1. The molecule has 35 heavy (non-hydrogen) atoms. The second kappa shape index (κ2) is 10.1. The van der Waals surface area contributed by atoms with Crippen LogP contribution < -0.4 is 10.5 Å². The Bertz CT molecular complexity index is 1410. The largest absolute Gasteiger partial charge is 0.378 e. The van der Waals surface area contributed by atoms with E-state index in [9.17, 15) is 9.18 Å². The molecule has 1 fully saturated rings. The second-order valence-corrected chi connectivity index (χ2v) is 10.2. The number of pyridine rings is 2. The summed E-state index contributed by atoms with van der Waals surface area (Å²) in [4.78, 5) is 25.5. The third kappa shape index (κ3) is 4.98. The number of aromatic nitrogens is 3. The van der Waals surface area contributed by atoms with Crippen LogP contribution in [0, 0.1) is 9.39 Å². The minimum absolute atomic E-state index is 0.111. The van der Waals surface area contributed by atoms with Gasteiger partial charge in [-0.05, 0) is 72.1 Å². The van der Waals surface area contributed by atoms with Crippen molar-refractivity contribution < 1.29 is 9.13 Å². The van der Waals surface area contributed by atoms with Gasteiger partial charge in [-0.1, -0.05) is 6.07 Å². The van der Waals surface area contributed by atoms with E-state index in [4.69, 9.17) is 4.74 Å². The van der Waals surface area contributed by atoms with Gasteiger partial charge in [-0.25, -0.2) is 9.37 Å². The first-order valence-corrected chi connectivity index (χ1v) is 12.6. The number of halogens is 2. The predicted molar refractivity (Wildman–Crippen MR) is 145 cm³/mol. The fourth-order valence-corrected chi connectivity index (χ4v) is 5.10. The highest BCUT2D eigenvalue weighted by Crippen LogP contribution is 2.30. The van der Waals surface area contributed by atoms with Gasteiger partial charge in [0.2, 0.25) is 0 Å². The first kappa shape index (κ1) is 24.0. The smallest absolute Gasteiger partial charge is 0.251 e. The van der Waals surface area contributed by atoms with E-state index < -0.39 is 0 Å². The molecule has 0 bridgehead atoms. The Labute approximate surface area is 216 Å². The molecule has 3 aromatic heterocycles. The molecule has 1 atom stereocenters. The van der Waals surface area contributed by atoms with Crippen LogP contribution >= 0.6 is 22.6 Å². The zero-order chi connectivity index (χ0) is 24.5. The van der Waals surface area contributed by atoms with Gasteiger partial charge in [0.25, 0.3) is 5.56 Å². The minimum atomic E-state index is -0.259. The summed E-state index contributed by atoms with van der Waals surface area (Å²) in [5.41, 5.74) is 4.38. The Morgan fingerprint density at radius 2 is 2.00 bits per heavy atom. The van der Waals surface area contributed by atoms with Crippen LogP contribution in [0.2, 0.25) is 0 Å². The van der Waals surface area contributed by atoms with Crippen molar-refractivity contribution in [2.75, 3.05) is 51.8 Å². The molecule has 1 aliphatic rings. The third-order valence-electron chi connectivity index (χ3n) is 6.35. The van der Waals surface area contributed by atoms with Crippen LogP contribution in [0.3, 0.4) is 0 Å². The Hall–Kier alpha value is -2.76. The number of benzene rings is 1. The van der Waals surface area contributed by atoms with Crippen molar-refractivity contribution in [2.45, 2.75) is 6.04 Å². The lowest BCUT2D eigenvalue weighted by molar-refractivity contribution is 0.122. The number of nitrogens with zero attached hydrogens (tertiary/aromatic N) is 4. The van der Waals surface area contributed by atoms with Crippen LogP contribution in [0.5, 0.6) is 0 Å². The van der Waals surface area contributed by atoms with Crippen molar-refractivity contribution in [3.8, 4) is 11.1 Å². The summed E-state index contributed by atoms with van der Waals surface area (Å²) < 4.78 is 21.6. The number of likely N-dealkylation sites (N-methyl/N-ethyl adjacent to an activating group) is 1. The second-order valence-electron chi connectivity index (χ2n) is 9.00. The van der Waals surface area contributed by atoms with Gasteiger partial charge < -0.3 is 24.1 Å². The monoisotopic (exact) mass is 587 g/mol. The summed E-state index contributed by atoms with van der Waals surface area (Å²) in [5.74, 6) is -0.259. The lowest BCUT2D eigenvalue weighted by Crippen LogP contribution is -2.36. The van der Waals surface area contributed by atoms with Crippen molar-refractivity contribution in [3.63, 3.8) is 0 Å². The van der Waals surface area contributed by atoms with Crippen molar-refractivity contribution in [3.05, 3.63) is 80.3 Å². The molecule has 4 heterocycles. The summed E-state index contributed by atoms with van der Waals surface area (Å²) in [6.07, 6.45) is 5.61. The zero-order valence-corrected chi connectivity index (χ0v) is 21.8. The summed E-state index contributed by atoms with van der Waals surface area (Å²) in [7, 11) is 3.93. The van der Waals surface area contributed by atoms with Gasteiger partial charge in [-0.3, -0.25) is 4.79 Å². The van der Waals surface area contributed by atoms with Gasteiger partial charge in [0.15, 0.2) is 0 Å². The SMILES string of the molecule is CN(C)C[C@H](c1ccc(F)c(I)c1)n1ccc(-c2c[nH]c3ncc(N4CCOCC4)cc23)cc1=O. The van der Waals surface area contributed by atoms with Crippen molar-refractivity contribution in [1.29, 1.82) is 0 Å². The molecular weight excluding hydrogens is 560 g/mol. The maximum atomic E-state index is 13.9. The van der Waals surface area contributed by atoms with Gasteiger partial charge in [-0.15, -0.1) is 0 Å². The fraction of sp³-hybridized carbons (Fsp3) is 0.308. The number of aromatic amines is 1. The van der Waals surface area contributed by atoms with Crippen LogP contribution in [-0.2, 0) is 4.74 Å². The molecule has 5 rings (SSSR count). The number of anilines is 1. The highest BCUT2D eigenvalue weighted by Gasteiger charge is 2.19. The number of morpholine rings is 1. The average Bonchev–Trinajstić information content (AvgIpc) is 3.28. The zero-order valence-electron chi connectivity index (χ0n) is 19.7. The highest BCUT2D eigenvalue weighted by atomic mass is 127. The molecule has 0 aliphatic carbocycles. The molecule has 7 nitrogen and oxygen atoms in total. The average molecular weight is 587 g/mol. The van der Waals surface area contributed by atoms with E-state index in [0.717, 1.165) is 46.5 Å². The summed E-state index contributed by atoms with van der Waals surface area (Å²) in [5, 5.41) is 0.976. The van der Waals surface area contributed by atoms with Crippen LogP contribution in [0.25, 0.3) is 22.2 Å². The minimum Gasteiger partial charge on any atom is -0.378 e. The number of nitrogens with one attached hydrogen (secondary N) is 1. The molecule has 1 aromatic carbocycles. The lowest BCUT2D eigenvalue weighted by Gasteiger charge is -2.28. The van der Waals surface area contributed by atoms with E-state index in [1.165, 1.54) is 6.07 Å². The first-order valence-electron chi connectivity index (χ1n) is 11.5. The molecule has 0 unspecified atom stereocenters. The molecule has 0 radical (unpaired) electrons. The van der Waals surface area contributed by atoms with Crippen molar-refractivity contribution in [1.82, 2.24) is 19.4 Å². The van der Waals surface area contributed by atoms with Crippen LogP contribution in [-0.4, -0.2) is 66.4 Å². The number of hydrogen-bond acceptors (Lipinski definition) is 5. The Morgan fingerprint density at radius 3 is 2.71 bits per heavy atom. The predicted octanol–water partition coefficient (Wildman–Crippen LogP) is 4.12. The summed E-state index contributed by atoms with van der Waals surface area (Å²) >= 11 is 1.99. The molecule has 182 valence electrons. The van der Waals surface area contributed by atoms with Gasteiger partial charge in [-0.2, -0.15) is 0 Å². The Balaban J connectivity index is 1.52. The molecule has 0 amide bonds. The number of rotatable bonds is 6. The van der Waals surface area contributed by atoms with E-state index in [1.807, 2.05) is 72.3 Å². The van der Waals surface area contributed by atoms with Crippen molar-refractivity contribution >= 4 is 39.3 Å². The molecule has 1 aliphatic heterocycles. The molecule has 0 spiro atoms. The molecule has 1 N–H and O–H groups in total. The standard InChI is InChI=1S/C26H27FIN5O2/c1-31(2)16-24(18-3-4-22(27)23(28)11-18)33-6-5-17(12-25(33)34)21-15-30-26-20(21)13-19(14-29-26)32-7-9-35-10-8-32/h3-6,11-15,24H,7-10,16H2,1-2H3,(H,29,30)/t24-/m1/s1. The van der Waals surface area contributed by atoms with E-state index >= 15 is 0 Å². The first-order chi connectivity index (χ1) is 16.9. The van der Waals surface area contributed by atoms with Gasteiger partial charge in [0.1, 0.15) is 11.5 Å². The number of fused-ring (bicyclic) bond motifs is 1. The summed E-state index contributed by atoms with van der Waals surface area (Å²) in [6.45, 7) is 3.69. The molecule has 0 saturated carbocycles. The summed E-state index contributed by atoms with van der Waals surface area (Å²) in [6, 6.07) is 10.5. The van der Waals surface area contributed by atoms with Crippen LogP contribution in [0.15, 0.2) is 59.8 Å². The lowest BCUT2D eigenvalue weighted by atomic mass is 10.0. The maximum absolute atomic E-state index is 13.9. The van der Waals surface area contributed by atoms with Gasteiger partial charge >= 0.3 is 0 Å². The third-order valence-corrected chi connectivity index (χ3v) is 7.18. The van der Waals surface area contributed by atoms with Crippen LogP contribution in [0.1, 0.15) is 11.6 Å².